The molecule has 0 aromatic carbocycles. The number of unbranched alkanes of at least 4 members (excludes halogenated alkanes) is 1. The van der Waals surface area contributed by atoms with Crippen molar-refractivity contribution < 1.29 is 22.1 Å². The van der Waals surface area contributed by atoms with Crippen LogP contribution >= 0.6 is 0 Å². The van der Waals surface area contributed by atoms with Crippen LogP contribution in [-0.2, 0) is 23.8 Å². The van der Waals surface area contributed by atoms with Crippen molar-refractivity contribution in [1.82, 2.24) is 0 Å². The topological polar surface area (TPSA) is 61.8 Å². The van der Waals surface area contributed by atoms with E-state index in [-0.39, 0.29) is 12.7 Å². The Kier molecular flexibility index (Phi) is 4.73. The van der Waals surface area contributed by atoms with Crippen molar-refractivity contribution in [3.05, 3.63) is 0 Å². The summed E-state index contributed by atoms with van der Waals surface area (Å²) in [6.45, 7) is 4.63. The summed E-state index contributed by atoms with van der Waals surface area (Å²) in [5.41, 5.74) is 0. The van der Waals surface area contributed by atoms with Gasteiger partial charge in [-0.3, -0.25) is 4.18 Å². The van der Waals surface area contributed by atoms with Crippen LogP contribution < -0.4 is 0 Å². The molecule has 1 rings (SSSR count). The smallest absolute Gasteiger partial charge is 0.264 e. The van der Waals surface area contributed by atoms with Crippen molar-refractivity contribution >= 4 is 10.1 Å². The predicted molar refractivity (Wildman–Crippen MR) is 59.6 cm³/mol. The summed E-state index contributed by atoms with van der Waals surface area (Å²) in [5, 5.41) is 0. The van der Waals surface area contributed by atoms with E-state index in [2.05, 4.69) is 4.18 Å². The molecule has 0 radical (unpaired) electrons. The predicted octanol–water partition coefficient (Wildman–Crippen LogP) is 1.28. The SMILES string of the molecule is CC1(C)OC[C@@H](CCCCOS(C)(=O)=O)O1. The summed E-state index contributed by atoms with van der Waals surface area (Å²) in [5.74, 6) is -0.478. The maximum absolute atomic E-state index is 10.7. The number of ether oxygens (including phenoxy) is 2. The van der Waals surface area contributed by atoms with E-state index < -0.39 is 15.9 Å². The van der Waals surface area contributed by atoms with Gasteiger partial charge >= 0.3 is 0 Å². The van der Waals surface area contributed by atoms with Gasteiger partial charge in [-0.1, -0.05) is 0 Å². The highest BCUT2D eigenvalue weighted by Crippen LogP contribution is 2.25. The molecule has 0 aromatic heterocycles. The molecule has 0 spiro atoms. The molecule has 1 fully saturated rings. The summed E-state index contributed by atoms with van der Waals surface area (Å²) in [6, 6.07) is 0. The highest BCUT2D eigenvalue weighted by Gasteiger charge is 2.31. The van der Waals surface area contributed by atoms with Gasteiger partial charge in [0.05, 0.1) is 25.6 Å². The molecule has 1 aliphatic heterocycles. The molecule has 1 atom stereocenters. The van der Waals surface area contributed by atoms with Crippen LogP contribution in [0.15, 0.2) is 0 Å². The van der Waals surface area contributed by atoms with Gasteiger partial charge < -0.3 is 9.47 Å². The number of hydrogen-bond donors (Lipinski definition) is 0. The molecule has 0 N–H and O–H groups in total. The van der Waals surface area contributed by atoms with E-state index in [1.165, 1.54) is 0 Å². The maximum atomic E-state index is 10.7. The van der Waals surface area contributed by atoms with E-state index in [9.17, 15) is 8.42 Å². The lowest BCUT2D eigenvalue weighted by molar-refractivity contribution is -0.139. The maximum Gasteiger partial charge on any atom is 0.264 e. The molecule has 0 unspecified atom stereocenters. The highest BCUT2D eigenvalue weighted by atomic mass is 32.2. The van der Waals surface area contributed by atoms with Crippen LogP contribution in [0.4, 0.5) is 0 Å². The van der Waals surface area contributed by atoms with Crippen molar-refractivity contribution in [3.63, 3.8) is 0 Å². The van der Waals surface area contributed by atoms with Crippen LogP contribution in [0.2, 0.25) is 0 Å². The second-order valence-electron chi connectivity index (χ2n) is 4.47. The molecule has 1 saturated heterocycles. The fourth-order valence-corrected chi connectivity index (χ4v) is 2.01. The molecule has 1 heterocycles. The van der Waals surface area contributed by atoms with E-state index in [0.29, 0.717) is 13.0 Å². The minimum absolute atomic E-state index is 0.119. The molecule has 0 saturated carbocycles. The summed E-state index contributed by atoms with van der Waals surface area (Å²) in [6.07, 6.45) is 3.64. The van der Waals surface area contributed by atoms with Gasteiger partial charge in [-0.05, 0) is 33.1 Å². The van der Waals surface area contributed by atoms with Crippen molar-refractivity contribution in [3.8, 4) is 0 Å². The van der Waals surface area contributed by atoms with Crippen LogP contribution in [0.5, 0.6) is 0 Å². The van der Waals surface area contributed by atoms with Crippen LogP contribution in [-0.4, -0.2) is 39.8 Å². The van der Waals surface area contributed by atoms with E-state index in [4.69, 9.17) is 9.47 Å². The van der Waals surface area contributed by atoms with Crippen LogP contribution in [0.1, 0.15) is 33.1 Å². The van der Waals surface area contributed by atoms with Crippen LogP contribution in [0, 0.1) is 0 Å². The largest absolute Gasteiger partial charge is 0.348 e. The van der Waals surface area contributed by atoms with E-state index in [1.807, 2.05) is 13.8 Å². The molecule has 0 bridgehead atoms. The van der Waals surface area contributed by atoms with Gasteiger partial charge in [0.15, 0.2) is 5.79 Å². The summed E-state index contributed by atoms with van der Waals surface area (Å²) < 4.78 is 37.0. The monoisotopic (exact) mass is 252 g/mol. The number of hydrogen-bond acceptors (Lipinski definition) is 5. The first-order chi connectivity index (χ1) is 7.29. The zero-order valence-corrected chi connectivity index (χ0v) is 10.9. The third kappa shape index (κ3) is 5.79. The molecule has 6 heteroatoms. The van der Waals surface area contributed by atoms with Gasteiger partial charge in [-0.25, -0.2) is 0 Å². The molecule has 0 aromatic rings. The normalized spacial score (nSPS) is 24.8. The lowest BCUT2D eigenvalue weighted by Gasteiger charge is -2.16. The molecular weight excluding hydrogens is 232 g/mol. The fraction of sp³-hybridized carbons (Fsp3) is 1.00. The summed E-state index contributed by atoms with van der Waals surface area (Å²) in [7, 11) is -3.30. The van der Waals surface area contributed by atoms with Gasteiger partial charge in [0.1, 0.15) is 0 Å². The van der Waals surface area contributed by atoms with Gasteiger partial charge in [0, 0.05) is 0 Å². The van der Waals surface area contributed by atoms with E-state index in [1.54, 1.807) is 0 Å². The Labute approximate surface area is 97.2 Å². The fourth-order valence-electron chi connectivity index (χ4n) is 1.59. The van der Waals surface area contributed by atoms with Crippen LogP contribution in [0.25, 0.3) is 0 Å². The average molecular weight is 252 g/mol. The number of rotatable bonds is 6. The third-order valence-corrected chi connectivity index (χ3v) is 2.88. The molecule has 0 aliphatic carbocycles. The Morgan fingerprint density at radius 1 is 1.38 bits per heavy atom. The molecular formula is C10H20O5S. The minimum Gasteiger partial charge on any atom is -0.348 e. The zero-order valence-electron chi connectivity index (χ0n) is 10.1. The van der Waals surface area contributed by atoms with Crippen molar-refractivity contribution in [2.24, 2.45) is 0 Å². The first kappa shape index (κ1) is 13.9. The van der Waals surface area contributed by atoms with Gasteiger partial charge in [0.25, 0.3) is 10.1 Å². The standard InChI is InChI=1S/C10H20O5S/c1-10(2)13-8-9(15-10)6-4-5-7-14-16(3,11)12/h9H,4-8H2,1-3H3/t9-/m1/s1. The van der Waals surface area contributed by atoms with E-state index in [0.717, 1.165) is 19.1 Å². The first-order valence-electron chi connectivity index (χ1n) is 5.45. The highest BCUT2D eigenvalue weighted by molar-refractivity contribution is 7.85. The Hall–Kier alpha value is -0.170. The quantitative estimate of drug-likeness (QED) is 0.526. The average Bonchev–Trinajstić information content (AvgIpc) is 2.43. The zero-order chi connectivity index (χ0) is 12.2. The van der Waals surface area contributed by atoms with E-state index >= 15 is 0 Å². The molecule has 16 heavy (non-hydrogen) atoms. The Bertz CT molecular complexity index is 309. The Morgan fingerprint density at radius 3 is 2.56 bits per heavy atom. The van der Waals surface area contributed by atoms with Crippen molar-refractivity contribution in [2.75, 3.05) is 19.5 Å². The second kappa shape index (κ2) is 5.44. The lowest BCUT2D eigenvalue weighted by atomic mass is 10.2. The first-order valence-corrected chi connectivity index (χ1v) is 7.26. The lowest BCUT2D eigenvalue weighted by Crippen LogP contribution is -2.21. The molecule has 0 amide bonds. The van der Waals surface area contributed by atoms with Crippen molar-refractivity contribution in [2.45, 2.75) is 45.0 Å². The summed E-state index contributed by atoms with van der Waals surface area (Å²) in [4.78, 5) is 0. The third-order valence-electron chi connectivity index (χ3n) is 2.29. The second-order valence-corrected chi connectivity index (χ2v) is 6.12. The van der Waals surface area contributed by atoms with Gasteiger partial charge in [-0.15, -0.1) is 0 Å². The van der Waals surface area contributed by atoms with Gasteiger partial charge in [-0.2, -0.15) is 8.42 Å². The van der Waals surface area contributed by atoms with Gasteiger partial charge in [0.2, 0.25) is 0 Å². The molecule has 1 aliphatic rings. The van der Waals surface area contributed by atoms with Crippen molar-refractivity contribution in [1.29, 1.82) is 0 Å². The minimum atomic E-state index is -3.30. The van der Waals surface area contributed by atoms with Crippen LogP contribution in [0.3, 0.4) is 0 Å². The Morgan fingerprint density at radius 2 is 2.06 bits per heavy atom. The molecule has 96 valence electrons. The Balaban J connectivity index is 2.05. The summed E-state index contributed by atoms with van der Waals surface area (Å²) >= 11 is 0. The molecule has 5 nitrogen and oxygen atoms in total.